The molecule has 114 valence electrons. The van der Waals surface area contributed by atoms with Gasteiger partial charge in [-0.15, -0.1) is 0 Å². The average Bonchev–Trinajstić information content (AvgIpc) is 2.47. The number of benzene rings is 1. The van der Waals surface area contributed by atoms with Gasteiger partial charge in [0.2, 0.25) is 5.91 Å². The van der Waals surface area contributed by atoms with Crippen LogP contribution in [-0.2, 0) is 4.79 Å². The first-order valence-electron chi connectivity index (χ1n) is 7.00. The number of carboxylic acid groups (broad SMARTS) is 1. The highest BCUT2D eigenvalue weighted by atomic mass is 16.5. The highest BCUT2D eigenvalue weighted by molar-refractivity contribution is 5.87. The van der Waals surface area contributed by atoms with Crippen LogP contribution in [0.3, 0.4) is 0 Å². The Morgan fingerprint density at radius 3 is 2.76 bits per heavy atom. The van der Waals surface area contributed by atoms with Crippen molar-refractivity contribution in [3.63, 3.8) is 0 Å². The van der Waals surface area contributed by atoms with E-state index in [1.54, 1.807) is 17.0 Å². The van der Waals surface area contributed by atoms with E-state index < -0.39 is 5.97 Å². The quantitative estimate of drug-likeness (QED) is 0.764. The second-order valence-corrected chi connectivity index (χ2v) is 5.14. The maximum atomic E-state index is 11.4. The predicted molar refractivity (Wildman–Crippen MR) is 77.6 cm³/mol. The number of hydrogen-bond donors (Lipinski definition) is 2. The molecule has 0 aromatic heterocycles. The molecule has 0 radical (unpaired) electrons. The lowest BCUT2D eigenvalue weighted by molar-refractivity contribution is -0.132. The summed E-state index contributed by atoms with van der Waals surface area (Å²) in [5, 5.41) is 12.2. The first-order valence-corrected chi connectivity index (χ1v) is 7.00. The normalized spacial score (nSPS) is 18.6. The van der Waals surface area contributed by atoms with Crippen LogP contribution >= 0.6 is 0 Å². The monoisotopic (exact) mass is 292 g/mol. The topological polar surface area (TPSA) is 78.9 Å². The minimum Gasteiger partial charge on any atom is -0.492 e. The van der Waals surface area contributed by atoms with Gasteiger partial charge in [-0.2, -0.15) is 0 Å². The standard InChI is InChI=1S/C15H20N2O4/c1-17-10-12(4-7-14(17)18)16-8-9-21-13-5-2-11(3-6-13)15(19)20/h2-3,5-6,12,16H,4,7-10H2,1H3,(H,19,20). The molecule has 1 fully saturated rings. The summed E-state index contributed by atoms with van der Waals surface area (Å²) in [5.41, 5.74) is 0.246. The largest absolute Gasteiger partial charge is 0.492 e. The molecule has 1 aliphatic rings. The van der Waals surface area contributed by atoms with Crippen LogP contribution in [0.2, 0.25) is 0 Å². The Labute approximate surface area is 123 Å². The summed E-state index contributed by atoms with van der Waals surface area (Å²) in [6, 6.07) is 6.65. The zero-order chi connectivity index (χ0) is 15.2. The highest BCUT2D eigenvalue weighted by Gasteiger charge is 2.21. The Hall–Kier alpha value is -2.08. The van der Waals surface area contributed by atoms with Gasteiger partial charge in [-0.05, 0) is 30.7 Å². The fraction of sp³-hybridized carbons (Fsp3) is 0.467. The number of ether oxygens (including phenoxy) is 1. The van der Waals surface area contributed by atoms with Crippen molar-refractivity contribution in [2.75, 3.05) is 26.7 Å². The molecule has 1 aromatic rings. The second-order valence-electron chi connectivity index (χ2n) is 5.14. The molecule has 0 spiro atoms. The molecular formula is C15H20N2O4. The van der Waals surface area contributed by atoms with Crippen LogP contribution in [0.25, 0.3) is 0 Å². The number of carbonyl (C=O) groups excluding carboxylic acids is 1. The molecule has 0 bridgehead atoms. The van der Waals surface area contributed by atoms with Crippen LogP contribution in [-0.4, -0.2) is 54.7 Å². The smallest absolute Gasteiger partial charge is 0.335 e. The number of likely N-dealkylation sites (N-methyl/N-ethyl adjacent to an activating group) is 1. The summed E-state index contributed by atoms with van der Waals surface area (Å²) in [6.45, 7) is 1.92. The number of rotatable bonds is 6. The van der Waals surface area contributed by atoms with E-state index in [0.717, 1.165) is 13.0 Å². The van der Waals surface area contributed by atoms with E-state index in [2.05, 4.69) is 5.32 Å². The van der Waals surface area contributed by atoms with Gasteiger partial charge in [0.25, 0.3) is 0 Å². The van der Waals surface area contributed by atoms with E-state index in [-0.39, 0.29) is 11.5 Å². The molecule has 1 atom stereocenters. The van der Waals surface area contributed by atoms with Gasteiger partial charge < -0.3 is 20.1 Å². The van der Waals surface area contributed by atoms with Gasteiger partial charge in [-0.3, -0.25) is 4.79 Å². The van der Waals surface area contributed by atoms with E-state index in [1.165, 1.54) is 12.1 Å². The molecule has 2 N–H and O–H groups in total. The molecule has 1 amide bonds. The van der Waals surface area contributed by atoms with Crippen molar-refractivity contribution in [2.24, 2.45) is 0 Å². The third kappa shape index (κ3) is 4.46. The molecule has 2 rings (SSSR count). The maximum absolute atomic E-state index is 11.4. The van der Waals surface area contributed by atoms with Gasteiger partial charge in [0.1, 0.15) is 12.4 Å². The van der Waals surface area contributed by atoms with Crippen molar-refractivity contribution in [1.29, 1.82) is 0 Å². The van der Waals surface area contributed by atoms with Crippen molar-refractivity contribution in [1.82, 2.24) is 10.2 Å². The van der Waals surface area contributed by atoms with Crippen molar-refractivity contribution in [2.45, 2.75) is 18.9 Å². The van der Waals surface area contributed by atoms with Gasteiger partial charge in [-0.1, -0.05) is 0 Å². The number of aromatic carboxylic acids is 1. The molecule has 1 aliphatic heterocycles. The van der Waals surface area contributed by atoms with Crippen LogP contribution in [0.5, 0.6) is 5.75 Å². The van der Waals surface area contributed by atoms with Gasteiger partial charge in [-0.25, -0.2) is 4.79 Å². The van der Waals surface area contributed by atoms with Crippen molar-refractivity contribution in [3.8, 4) is 5.75 Å². The van der Waals surface area contributed by atoms with Gasteiger partial charge in [0.05, 0.1) is 5.56 Å². The second kappa shape index (κ2) is 7.08. The number of hydrogen-bond acceptors (Lipinski definition) is 4. The van der Waals surface area contributed by atoms with Gasteiger partial charge in [0.15, 0.2) is 0 Å². The predicted octanol–water partition coefficient (Wildman–Crippen LogP) is 0.974. The number of carboxylic acids is 1. The van der Waals surface area contributed by atoms with Crippen molar-refractivity contribution < 1.29 is 19.4 Å². The van der Waals surface area contributed by atoms with E-state index in [0.29, 0.717) is 31.4 Å². The number of likely N-dealkylation sites (tertiary alicyclic amines) is 1. The molecule has 0 saturated carbocycles. The molecule has 1 heterocycles. The van der Waals surface area contributed by atoms with E-state index >= 15 is 0 Å². The lowest BCUT2D eigenvalue weighted by Crippen LogP contribution is -2.47. The van der Waals surface area contributed by atoms with E-state index in [9.17, 15) is 9.59 Å². The summed E-state index contributed by atoms with van der Waals surface area (Å²) in [4.78, 5) is 23.8. The van der Waals surface area contributed by atoms with Gasteiger partial charge >= 0.3 is 5.97 Å². The lowest BCUT2D eigenvalue weighted by Gasteiger charge is -2.30. The minimum atomic E-state index is -0.945. The van der Waals surface area contributed by atoms with Crippen LogP contribution in [0.1, 0.15) is 23.2 Å². The van der Waals surface area contributed by atoms with Gasteiger partial charge in [0, 0.05) is 32.6 Å². The number of amides is 1. The SMILES string of the molecule is CN1CC(NCCOc2ccc(C(=O)O)cc2)CCC1=O. The zero-order valence-electron chi connectivity index (χ0n) is 12.0. The average molecular weight is 292 g/mol. The lowest BCUT2D eigenvalue weighted by atomic mass is 10.1. The molecule has 6 heteroatoms. The first-order chi connectivity index (χ1) is 10.1. The minimum absolute atomic E-state index is 0.197. The molecule has 1 saturated heterocycles. The Bertz CT molecular complexity index is 501. The Morgan fingerprint density at radius 2 is 2.14 bits per heavy atom. The van der Waals surface area contributed by atoms with Crippen LogP contribution in [0.15, 0.2) is 24.3 Å². The highest BCUT2D eigenvalue weighted by Crippen LogP contribution is 2.12. The zero-order valence-corrected chi connectivity index (χ0v) is 12.0. The summed E-state index contributed by atoms with van der Waals surface area (Å²) in [6.07, 6.45) is 1.45. The van der Waals surface area contributed by atoms with Crippen molar-refractivity contribution in [3.05, 3.63) is 29.8 Å². The third-order valence-corrected chi connectivity index (χ3v) is 3.53. The van der Waals surface area contributed by atoms with Crippen LogP contribution < -0.4 is 10.1 Å². The van der Waals surface area contributed by atoms with E-state index in [1.807, 2.05) is 7.05 Å². The summed E-state index contributed by atoms with van der Waals surface area (Å²) < 4.78 is 5.54. The fourth-order valence-corrected chi connectivity index (χ4v) is 2.30. The molecular weight excluding hydrogens is 272 g/mol. The Kier molecular flexibility index (Phi) is 5.16. The van der Waals surface area contributed by atoms with E-state index in [4.69, 9.17) is 9.84 Å². The van der Waals surface area contributed by atoms with Crippen molar-refractivity contribution >= 4 is 11.9 Å². The molecule has 1 aromatic carbocycles. The number of nitrogens with one attached hydrogen (secondary N) is 1. The fourth-order valence-electron chi connectivity index (χ4n) is 2.30. The Balaban J connectivity index is 1.68. The summed E-state index contributed by atoms with van der Waals surface area (Å²) >= 11 is 0. The number of nitrogens with zero attached hydrogens (tertiary/aromatic N) is 1. The third-order valence-electron chi connectivity index (χ3n) is 3.53. The molecule has 0 aliphatic carbocycles. The summed E-state index contributed by atoms with van der Waals surface area (Å²) in [5.74, 6) is -0.0975. The first kappa shape index (κ1) is 15.3. The Morgan fingerprint density at radius 1 is 1.43 bits per heavy atom. The number of carbonyl (C=O) groups is 2. The molecule has 6 nitrogen and oxygen atoms in total. The van der Waals surface area contributed by atoms with Crippen LogP contribution in [0.4, 0.5) is 0 Å². The molecule has 21 heavy (non-hydrogen) atoms. The maximum Gasteiger partial charge on any atom is 0.335 e. The summed E-state index contributed by atoms with van der Waals surface area (Å²) in [7, 11) is 1.82. The van der Waals surface area contributed by atoms with Crippen LogP contribution in [0, 0.1) is 0 Å². The molecule has 1 unspecified atom stereocenters. The number of piperidine rings is 1.